The second kappa shape index (κ2) is 8.40. The third kappa shape index (κ3) is 5.61. The molecule has 1 aliphatic rings. The standard InChI is InChI=1S/C17H27NO2/c1-14-6-5-7-15(10-14)11-18-12-16(19)13-20-17-8-3-2-4-9-17/h5-7,10,16-19H,2-4,8-9,11-13H2,1H3. The van der Waals surface area contributed by atoms with Gasteiger partial charge in [-0.25, -0.2) is 0 Å². The van der Waals surface area contributed by atoms with Crippen molar-refractivity contribution in [2.75, 3.05) is 13.2 Å². The third-order valence-electron chi connectivity index (χ3n) is 3.87. The summed E-state index contributed by atoms with van der Waals surface area (Å²) < 4.78 is 5.78. The van der Waals surface area contributed by atoms with Gasteiger partial charge in [0.15, 0.2) is 0 Å². The van der Waals surface area contributed by atoms with Crippen molar-refractivity contribution in [1.82, 2.24) is 5.32 Å². The lowest BCUT2D eigenvalue weighted by Crippen LogP contribution is -2.32. The summed E-state index contributed by atoms with van der Waals surface area (Å²) in [4.78, 5) is 0. The number of rotatable bonds is 7. The van der Waals surface area contributed by atoms with E-state index in [0.717, 1.165) is 19.4 Å². The van der Waals surface area contributed by atoms with Gasteiger partial charge in [-0.05, 0) is 25.3 Å². The van der Waals surface area contributed by atoms with Gasteiger partial charge in [0.05, 0.1) is 18.8 Å². The molecule has 1 unspecified atom stereocenters. The Hall–Kier alpha value is -0.900. The van der Waals surface area contributed by atoms with Crippen molar-refractivity contribution in [1.29, 1.82) is 0 Å². The van der Waals surface area contributed by atoms with E-state index in [1.54, 1.807) is 0 Å². The minimum atomic E-state index is -0.415. The fourth-order valence-corrected chi connectivity index (χ4v) is 2.74. The zero-order valence-electron chi connectivity index (χ0n) is 12.5. The first-order valence-corrected chi connectivity index (χ1v) is 7.80. The van der Waals surface area contributed by atoms with Crippen molar-refractivity contribution in [3.63, 3.8) is 0 Å². The number of hydrogen-bond donors (Lipinski definition) is 2. The lowest BCUT2D eigenvalue weighted by Gasteiger charge is -2.23. The van der Waals surface area contributed by atoms with Gasteiger partial charge in [0.2, 0.25) is 0 Å². The van der Waals surface area contributed by atoms with Crippen LogP contribution in [0.2, 0.25) is 0 Å². The van der Waals surface area contributed by atoms with Gasteiger partial charge in [-0.3, -0.25) is 0 Å². The largest absolute Gasteiger partial charge is 0.389 e. The Morgan fingerprint density at radius 2 is 2.10 bits per heavy atom. The van der Waals surface area contributed by atoms with Crippen LogP contribution >= 0.6 is 0 Å². The van der Waals surface area contributed by atoms with E-state index < -0.39 is 6.10 Å². The quantitative estimate of drug-likeness (QED) is 0.805. The van der Waals surface area contributed by atoms with Gasteiger partial charge in [0.25, 0.3) is 0 Å². The van der Waals surface area contributed by atoms with Crippen LogP contribution in [-0.4, -0.2) is 30.5 Å². The summed E-state index contributed by atoms with van der Waals surface area (Å²) in [5.74, 6) is 0. The second-order valence-corrected chi connectivity index (χ2v) is 5.87. The van der Waals surface area contributed by atoms with Gasteiger partial charge in [-0.15, -0.1) is 0 Å². The summed E-state index contributed by atoms with van der Waals surface area (Å²) in [6, 6.07) is 8.42. The minimum absolute atomic E-state index is 0.371. The normalized spacial score (nSPS) is 18.1. The Morgan fingerprint density at radius 1 is 1.30 bits per heavy atom. The summed E-state index contributed by atoms with van der Waals surface area (Å²) in [5.41, 5.74) is 2.52. The van der Waals surface area contributed by atoms with E-state index in [1.165, 1.54) is 30.4 Å². The molecule has 0 amide bonds. The summed E-state index contributed by atoms with van der Waals surface area (Å²) in [7, 11) is 0. The van der Waals surface area contributed by atoms with Crippen molar-refractivity contribution in [2.24, 2.45) is 0 Å². The molecule has 3 heteroatoms. The molecule has 0 radical (unpaired) electrons. The number of hydrogen-bond acceptors (Lipinski definition) is 3. The lowest BCUT2D eigenvalue weighted by atomic mass is 9.98. The zero-order chi connectivity index (χ0) is 14.2. The van der Waals surface area contributed by atoms with E-state index >= 15 is 0 Å². The van der Waals surface area contributed by atoms with Gasteiger partial charge in [-0.2, -0.15) is 0 Å². The van der Waals surface area contributed by atoms with Crippen LogP contribution in [0.3, 0.4) is 0 Å². The average Bonchev–Trinajstić information content (AvgIpc) is 2.46. The molecule has 3 nitrogen and oxygen atoms in total. The number of aryl methyl sites for hydroxylation is 1. The smallest absolute Gasteiger partial charge is 0.0897 e. The van der Waals surface area contributed by atoms with E-state index in [2.05, 4.69) is 36.5 Å². The van der Waals surface area contributed by atoms with Crippen molar-refractivity contribution < 1.29 is 9.84 Å². The van der Waals surface area contributed by atoms with Crippen molar-refractivity contribution in [2.45, 2.75) is 57.8 Å². The zero-order valence-corrected chi connectivity index (χ0v) is 12.5. The number of benzene rings is 1. The van der Waals surface area contributed by atoms with Gasteiger partial charge >= 0.3 is 0 Å². The van der Waals surface area contributed by atoms with E-state index in [1.807, 2.05) is 0 Å². The van der Waals surface area contributed by atoms with E-state index in [0.29, 0.717) is 19.3 Å². The SMILES string of the molecule is Cc1cccc(CNCC(O)COC2CCCCC2)c1. The number of ether oxygens (including phenoxy) is 1. The van der Waals surface area contributed by atoms with Crippen LogP contribution in [0.4, 0.5) is 0 Å². The number of aliphatic hydroxyl groups excluding tert-OH is 1. The molecule has 1 saturated carbocycles. The van der Waals surface area contributed by atoms with Gasteiger partial charge < -0.3 is 15.2 Å². The summed E-state index contributed by atoms with van der Waals surface area (Å²) >= 11 is 0. The minimum Gasteiger partial charge on any atom is -0.389 e. The maximum Gasteiger partial charge on any atom is 0.0897 e. The van der Waals surface area contributed by atoms with E-state index in [4.69, 9.17) is 4.74 Å². The molecule has 0 aromatic heterocycles. The predicted octanol–water partition coefficient (Wildman–Crippen LogP) is 2.79. The molecule has 0 aliphatic heterocycles. The Labute approximate surface area is 122 Å². The molecule has 2 N–H and O–H groups in total. The van der Waals surface area contributed by atoms with Crippen LogP contribution in [0, 0.1) is 6.92 Å². The summed E-state index contributed by atoms with van der Waals surface area (Å²) in [6.07, 6.45) is 6.14. The molecule has 112 valence electrons. The Balaban J connectivity index is 1.58. The molecule has 0 heterocycles. The van der Waals surface area contributed by atoms with Crippen LogP contribution in [0.5, 0.6) is 0 Å². The lowest BCUT2D eigenvalue weighted by molar-refractivity contribution is -0.0230. The Kier molecular flexibility index (Phi) is 6.51. The van der Waals surface area contributed by atoms with Gasteiger partial charge in [0, 0.05) is 13.1 Å². The molecule has 1 aromatic rings. The molecule has 1 aliphatic carbocycles. The highest BCUT2D eigenvalue weighted by molar-refractivity contribution is 5.21. The molecule has 1 aromatic carbocycles. The molecule has 20 heavy (non-hydrogen) atoms. The first-order chi connectivity index (χ1) is 9.74. The fraction of sp³-hybridized carbons (Fsp3) is 0.647. The molecular formula is C17H27NO2. The van der Waals surface area contributed by atoms with Crippen LogP contribution in [0.1, 0.15) is 43.2 Å². The molecule has 0 spiro atoms. The van der Waals surface area contributed by atoms with Crippen molar-refractivity contribution in [3.8, 4) is 0 Å². The van der Waals surface area contributed by atoms with Crippen LogP contribution in [-0.2, 0) is 11.3 Å². The molecule has 1 fully saturated rings. The number of aliphatic hydroxyl groups is 1. The van der Waals surface area contributed by atoms with Crippen LogP contribution in [0.25, 0.3) is 0 Å². The molecular weight excluding hydrogens is 250 g/mol. The monoisotopic (exact) mass is 277 g/mol. The van der Waals surface area contributed by atoms with E-state index in [9.17, 15) is 5.11 Å². The van der Waals surface area contributed by atoms with Gasteiger partial charge in [0.1, 0.15) is 0 Å². The highest BCUT2D eigenvalue weighted by Crippen LogP contribution is 2.20. The topological polar surface area (TPSA) is 41.5 Å². The Morgan fingerprint density at radius 3 is 2.85 bits per heavy atom. The fourth-order valence-electron chi connectivity index (χ4n) is 2.74. The molecule has 0 bridgehead atoms. The van der Waals surface area contributed by atoms with Crippen molar-refractivity contribution in [3.05, 3.63) is 35.4 Å². The Bertz CT molecular complexity index is 388. The highest BCUT2D eigenvalue weighted by Gasteiger charge is 2.15. The maximum absolute atomic E-state index is 9.92. The summed E-state index contributed by atoms with van der Waals surface area (Å²) in [5, 5.41) is 13.2. The average molecular weight is 277 g/mol. The first kappa shape index (κ1) is 15.5. The number of nitrogens with one attached hydrogen (secondary N) is 1. The second-order valence-electron chi connectivity index (χ2n) is 5.87. The summed E-state index contributed by atoms with van der Waals surface area (Å²) in [6.45, 7) is 3.92. The molecule has 1 atom stereocenters. The van der Waals surface area contributed by atoms with E-state index in [-0.39, 0.29) is 0 Å². The third-order valence-corrected chi connectivity index (χ3v) is 3.87. The highest BCUT2D eigenvalue weighted by atomic mass is 16.5. The molecule has 0 saturated heterocycles. The van der Waals surface area contributed by atoms with Crippen molar-refractivity contribution >= 4 is 0 Å². The maximum atomic E-state index is 9.92. The van der Waals surface area contributed by atoms with Crippen LogP contribution in [0.15, 0.2) is 24.3 Å². The molecule has 2 rings (SSSR count). The predicted molar refractivity (Wildman–Crippen MR) is 81.7 cm³/mol. The van der Waals surface area contributed by atoms with Gasteiger partial charge in [-0.1, -0.05) is 49.1 Å². The van der Waals surface area contributed by atoms with Crippen LogP contribution < -0.4 is 5.32 Å². The first-order valence-electron chi connectivity index (χ1n) is 7.80.